The van der Waals surface area contributed by atoms with Crippen LogP contribution in [0.4, 0.5) is 0 Å². The molecule has 1 fully saturated rings. The van der Waals surface area contributed by atoms with Gasteiger partial charge in [-0.3, -0.25) is 9.59 Å². The van der Waals surface area contributed by atoms with E-state index in [0.717, 1.165) is 6.42 Å². The number of carbonyl (C=O) groups excluding carboxylic acids is 1. The van der Waals surface area contributed by atoms with E-state index in [1.165, 1.54) is 0 Å². The Bertz CT molecular complexity index is 254. The summed E-state index contributed by atoms with van der Waals surface area (Å²) in [5.41, 5.74) is 0. The van der Waals surface area contributed by atoms with Crippen LogP contribution >= 0.6 is 0 Å². The maximum atomic E-state index is 11.6. The molecule has 1 aliphatic rings. The quantitative estimate of drug-likeness (QED) is 0.615. The van der Waals surface area contributed by atoms with Crippen molar-refractivity contribution in [3.05, 3.63) is 0 Å². The van der Waals surface area contributed by atoms with Crippen molar-refractivity contribution >= 4 is 11.9 Å². The minimum atomic E-state index is -0.899. The highest BCUT2D eigenvalue weighted by atomic mass is 16.4. The third-order valence-corrected chi connectivity index (χ3v) is 2.83. The van der Waals surface area contributed by atoms with Gasteiger partial charge in [0.25, 0.3) is 0 Å². The standard InChI is InChI=1S/C10H17NO4/c1-6(5-12)11-9(13)7-3-2-4-8(7)10(14)15/h6-8,12H,2-5H2,1H3,(H,11,13)(H,14,15). The van der Waals surface area contributed by atoms with E-state index < -0.39 is 17.8 Å². The molecule has 3 N–H and O–H groups in total. The largest absolute Gasteiger partial charge is 0.481 e. The fraction of sp³-hybridized carbons (Fsp3) is 0.800. The first-order valence-corrected chi connectivity index (χ1v) is 5.20. The van der Waals surface area contributed by atoms with Crippen LogP contribution in [0.2, 0.25) is 0 Å². The molecule has 86 valence electrons. The minimum absolute atomic E-state index is 0.129. The van der Waals surface area contributed by atoms with Gasteiger partial charge < -0.3 is 15.5 Å². The number of hydrogen-bond donors (Lipinski definition) is 3. The average Bonchev–Trinajstić information content (AvgIpc) is 2.65. The highest BCUT2D eigenvalue weighted by Crippen LogP contribution is 2.32. The van der Waals surface area contributed by atoms with Gasteiger partial charge in [0.1, 0.15) is 0 Å². The number of aliphatic hydroxyl groups is 1. The van der Waals surface area contributed by atoms with Crippen molar-refractivity contribution in [2.75, 3.05) is 6.61 Å². The fourth-order valence-electron chi connectivity index (χ4n) is 1.96. The molecule has 5 nitrogen and oxygen atoms in total. The second-order valence-electron chi connectivity index (χ2n) is 4.07. The lowest BCUT2D eigenvalue weighted by atomic mass is 9.95. The van der Waals surface area contributed by atoms with Crippen LogP contribution < -0.4 is 5.32 Å². The van der Waals surface area contributed by atoms with E-state index in [0.29, 0.717) is 12.8 Å². The van der Waals surface area contributed by atoms with Crippen LogP contribution in [-0.4, -0.2) is 34.7 Å². The fourth-order valence-corrected chi connectivity index (χ4v) is 1.96. The van der Waals surface area contributed by atoms with E-state index in [9.17, 15) is 9.59 Å². The summed E-state index contributed by atoms with van der Waals surface area (Å²) in [6.45, 7) is 1.55. The van der Waals surface area contributed by atoms with Crippen LogP contribution in [0.1, 0.15) is 26.2 Å². The molecular formula is C10H17NO4. The molecule has 1 rings (SSSR count). The topological polar surface area (TPSA) is 86.6 Å². The Balaban J connectivity index is 2.55. The van der Waals surface area contributed by atoms with E-state index in [1.807, 2.05) is 0 Å². The zero-order valence-electron chi connectivity index (χ0n) is 8.77. The molecule has 15 heavy (non-hydrogen) atoms. The molecule has 0 aliphatic heterocycles. The van der Waals surface area contributed by atoms with E-state index in [1.54, 1.807) is 6.92 Å². The molecule has 0 radical (unpaired) electrons. The van der Waals surface area contributed by atoms with Crippen molar-refractivity contribution in [2.45, 2.75) is 32.2 Å². The highest BCUT2D eigenvalue weighted by molar-refractivity contribution is 5.85. The second kappa shape index (κ2) is 5.11. The Kier molecular flexibility index (Phi) is 4.08. The van der Waals surface area contributed by atoms with Crippen LogP contribution in [0.25, 0.3) is 0 Å². The van der Waals surface area contributed by atoms with Crippen molar-refractivity contribution in [3.8, 4) is 0 Å². The number of carbonyl (C=O) groups is 2. The minimum Gasteiger partial charge on any atom is -0.481 e. The Labute approximate surface area is 88.5 Å². The molecule has 1 amide bonds. The molecule has 5 heteroatoms. The Morgan fingerprint density at radius 1 is 1.40 bits per heavy atom. The Morgan fingerprint density at radius 3 is 2.53 bits per heavy atom. The van der Waals surface area contributed by atoms with Crippen molar-refractivity contribution in [3.63, 3.8) is 0 Å². The van der Waals surface area contributed by atoms with Crippen LogP contribution in [0.3, 0.4) is 0 Å². The number of nitrogens with one attached hydrogen (secondary N) is 1. The monoisotopic (exact) mass is 215 g/mol. The number of carboxylic acid groups (broad SMARTS) is 1. The number of amides is 1. The molecule has 0 spiro atoms. The van der Waals surface area contributed by atoms with Gasteiger partial charge in [0, 0.05) is 6.04 Å². The van der Waals surface area contributed by atoms with Crippen molar-refractivity contribution in [1.29, 1.82) is 0 Å². The number of aliphatic hydroxyl groups excluding tert-OH is 1. The lowest BCUT2D eigenvalue weighted by Crippen LogP contribution is -2.41. The molecule has 0 aromatic carbocycles. The van der Waals surface area contributed by atoms with Gasteiger partial charge in [-0.2, -0.15) is 0 Å². The predicted molar refractivity (Wildman–Crippen MR) is 53.2 cm³/mol. The summed E-state index contributed by atoms with van der Waals surface area (Å²) in [5, 5.41) is 20.3. The Morgan fingerprint density at radius 2 is 2.00 bits per heavy atom. The number of aliphatic carboxylic acids is 1. The van der Waals surface area contributed by atoms with Crippen molar-refractivity contribution < 1.29 is 19.8 Å². The highest BCUT2D eigenvalue weighted by Gasteiger charge is 2.37. The van der Waals surface area contributed by atoms with E-state index in [2.05, 4.69) is 5.32 Å². The predicted octanol–water partition coefficient (Wildman–Crippen LogP) is -0.0157. The van der Waals surface area contributed by atoms with Gasteiger partial charge in [0.2, 0.25) is 5.91 Å². The third kappa shape index (κ3) is 2.92. The molecular weight excluding hydrogens is 198 g/mol. The summed E-state index contributed by atoms with van der Waals surface area (Å²) in [5.74, 6) is -2.14. The Hall–Kier alpha value is -1.10. The van der Waals surface area contributed by atoms with E-state index in [4.69, 9.17) is 10.2 Å². The third-order valence-electron chi connectivity index (χ3n) is 2.83. The smallest absolute Gasteiger partial charge is 0.307 e. The zero-order valence-corrected chi connectivity index (χ0v) is 8.77. The van der Waals surface area contributed by atoms with Gasteiger partial charge in [-0.05, 0) is 19.8 Å². The first kappa shape index (κ1) is 12.0. The van der Waals surface area contributed by atoms with Crippen molar-refractivity contribution in [2.24, 2.45) is 11.8 Å². The van der Waals surface area contributed by atoms with Gasteiger partial charge in [-0.1, -0.05) is 6.42 Å². The summed E-state index contributed by atoms with van der Waals surface area (Å²) >= 11 is 0. The van der Waals surface area contributed by atoms with Gasteiger partial charge in [-0.15, -0.1) is 0 Å². The second-order valence-corrected chi connectivity index (χ2v) is 4.07. The number of carboxylic acids is 1. The molecule has 1 aliphatic carbocycles. The molecule has 3 atom stereocenters. The summed E-state index contributed by atoms with van der Waals surface area (Å²) in [6.07, 6.45) is 1.98. The summed E-state index contributed by atoms with van der Waals surface area (Å²) in [6, 6.07) is -0.312. The SMILES string of the molecule is CC(CO)NC(=O)C1CCCC1C(=O)O. The van der Waals surface area contributed by atoms with Gasteiger partial charge >= 0.3 is 5.97 Å². The molecule has 3 unspecified atom stereocenters. The summed E-state index contributed by atoms with van der Waals surface area (Å²) in [4.78, 5) is 22.5. The summed E-state index contributed by atoms with van der Waals surface area (Å²) < 4.78 is 0. The van der Waals surface area contributed by atoms with E-state index in [-0.39, 0.29) is 18.6 Å². The van der Waals surface area contributed by atoms with Gasteiger partial charge in [0.05, 0.1) is 18.4 Å². The number of rotatable bonds is 4. The first-order valence-electron chi connectivity index (χ1n) is 5.20. The zero-order chi connectivity index (χ0) is 11.4. The molecule has 0 heterocycles. The van der Waals surface area contributed by atoms with Gasteiger partial charge in [0.15, 0.2) is 0 Å². The maximum absolute atomic E-state index is 11.6. The number of hydrogen-bond acceptors (Lipinski definition) is 3. The normalized spacial score (nSPS) is 27.3. The lowest BCUT2D eigenvalue weighted by Gasteiger charge is -2.18. The molecule has 1 saturated carbocycles. The lowest BCUT2D eigenvalue weighted by molar-refractivity contribution is -0.146. The average molecular weight is 215 g/mol. The molecule has 0 bridgehead atoms. The molecule has 0 saturated heterocycles. The maximum Gasteiger partial charge on any atom is 0.307 e. The van der Waals surface area contributed by atoms with Gasteiger partial charge in [-0.25, -0.2) is 0 Å². The van der Waals surface area contributed by atoms with Crippen molar-refractivity contribution in [1.82, 2.24) is 5.32 Å². The van der Waals surface area contributed by atoms with Crippen LogP contribution in [-0.2, 0) is 9.59 Å². The van der Waals surface area contributed by atoms with E-state index >= 15 is 0 Å². The first-order chi connectivity index (χ1) is 7.06. The van der Waals surface area contributed by atoms with Crippen LogP contribution in [0.5, 0.6) is 0 Å². The van der Waals surface area contributed by atoms with Crippen LogP contribution in [0.15, 0.2) is 0 Å². The van der Waals surface area contributed by atoms with Crippen LogP contribution in [0, 0.1) is 11.8 Å². The molecule has 0 aromatic rings. The molecule has 0 aromatic heterocycles. The summed E-state index contributed by atoms with van der Waals surface area (Å²) in [7, 11) is 0.